The van der Waals surface area contributed by atoms with Gasteiger partial charge in [0.25, 0.3) is 5.56 Å². The highest BCUT2D eigenvalue weighted by Crippen LogP contribution is 2.04. The van der Waals surface area contributed by atoms with Crippen molar-refractivity contribution in [3.05, 3.63) is 39.3 Å². The lowest BCUT2D eigenvalue weighted by atomic mass is 10.2. The second-order valence-electron chi connectivity index (χ2n) is 2.25. The largest absolute Gasteiger partial charge is 0.327 e. The second-order valence-corrected chi connectivity index (χ2v) is 2.66. The summed E-state index contributed by atoms with van der Waals surface area (Å²) in [6.07, 6.45) is 5.16. The standard InChI is InChI=1S/C8H9ClN2O/c9-7-4-6(2-1-3-10)5-11-8(7)12/h1-2,4-5H,3,10H2,(H,11,12). The van der Waals surface area contributed by atoms with Crippen molar-refractivity contribution in [2.45, 2.75) is 0 Å². The minimum atomic E-state index is -0.276. The Hall–Kier alpha value is -1.06. The molecule has 1 aromatic rings. The van der Waals surface area contributed by atoms with E-state index < -0.39 is 0 Å². The van der Waals surface area contributed by atoms with E-state index in [1.807, 2.05) is 0 Å². The molecule has 4 heteroatoms. The summed E-state index contributed by atoms with van der Waals surface area (Å²) in [5.41, 5.74) is 5.81. The third kappa shape index (κ3) is 2.22. The molecule has 3 nitrogen and oxygen atoms in total. The van der Waals surface area contributed by atoms with Crippen LogP contribution in [0, 0.1) is 0 Å². The van der Waals surface area contributed by atoms with Crippen LogP contribution in [0.1, 0.15) is 5.56 Å². The van der Waals surface area contributed by atoms with Crippen molar-refractivity contribution in [3.63, 3.8) is 0 Å². The van der Waals surface area contributed by atoms with Gasteiger partial charge in [0, 0.05) is 12.7 Å². The zero-order valence-corrected chi connectivity index (χ0v) is 7.14. The molecule has 0 spiro atoms. The Morgan fingerprint density at radius 2 is 2.42 bits per heavy atom. The van der Waals surface area contributed by atoms with Crippen LogP contribution in [0.15, 0.2) is 23.1 Å². The molecule has 0 aliphatic heterocycles. The lowest BCUT2D eigenvalue weighted by Gasteiger charge is -1.92. The first-order valence-corrected chi connectivity index (χ1v) is 3.86. The van der Waals surface area contributed by atoms with Gasteiger partial charge in [-0.25, -0.2) is 0 Å². The molecule has 0 atom stereocenters. The van der Waals surface area contributed by atoms with Gasteiger partial charge in [-0.3, -0.25) is 4.79 Å². The van der Waals surface area contributed by atoms with Gasteiger partial charge in [0.15, 0.2) is 0 Å². The molecular weight excluding hydrogens is 176 g/mol. The van der Waals surface area contributed by atoms with Crippen LogP contribution in [0.4, 0.5) is 0 Å². The summed E-state index contributed by atoms with van der Waals surface area (Å²) in [5, 5.41) is 0.189. The predicted octanol–water partition coefficient (Wildman–Crippen LogP) is 1.00. The van der Waals surface area contributed by atoms with Gasteiger partial charge in [-0.15, -0.1) is 0 Å². The third-order valence-electron chi connectivity index (χ3n) is 1.33. The molecule has 0 fully saturated rings. The molecule has 12 heavy (non-hydrogen) atoms. The highest BCUT2D eigenvalue weighted by molar-refractivity contribution is 6.30. The SMILES string of the molecule is NCC=Cc1c[nH]c(=O)c(Cl)c1. The maximum absolute atomic E-state index is 10.8. The second kappa shape index (κ2) is 4.09. The van der Waals surface area contributed by atoms with E-state index in [0.29, 0.717) is 6.54 Å². The van der Waals surface area contributed by atoms with Crippen LogP contribution >= 0.6 is 11.6 Å². The number of H-pyrrole nitrogens is 1. The van der Waals surface area contributed by atoms with Gasteiger partial charge in [-0.05, 0) is 11.6 Å². The monoisotopic (exact) mass is 184 g/mol. The average Bonchev–Trinajstić information content (AvgIpc) is 2.07. The fourth-order valence-electron chi connectivity index (χ4n) is 0.772. The molecule has 0 aliphatic carbocycles. The third-order valence-corrected chi connectivity index (χ3v) is 1.61. The Morgan fingerprint density at radius 3 is 3.00 bits per heavy atom. The maximum Gasteiger partial charge on any atom is 0.266 e. The topological polar surface area (TPSA) is 58.9 Å². The van der Waals surface area contributed by atoms with Gasteiger partial charge in [0.05, 0.1) is 0 Å². The molecule has 0 unspecified atom stereocenters. The Bertz CT molecular complexity index is 343. The zero-order chi connectivity index (χ0) is 8.97. The Labute approximate surface area is 74.9 Å². The van der Waals surface area contributed by atoms with Gasteiger partial charge in [0.2, 0.25) is 0 Å². The number of rotatable bonds is 2. The van der Waals surface area contributed by atoms with Crippen molar-refractivity contribution in [1.29, 1.82) is 0 Å². The number of aromatic amines is 1. The van der Waals surface area contributed by atoms with Gasteiger partial charge in [-0.1, -0.05) is 23.8 Å². The van der Waals surface area contributed by atoms with Crippen LogP contribution in [0.2, 0.25) is 5.02 Å². The van der Waals surface area contributed by atoms with Crippen LogP contribution in [0.25, 0.3) is 6.08 Å². The van der Waals surface area contributed by atoms with E-state index in [2.05, 4.69) is 4.98 Å². The number of pyridine rings is 1. The molecule has 64 valence electrons. The highest BCUT2D eigenvalue weighted by atomic mass is 35.5. The van der Waals surface area contributed by atoms with Crippen LogP contribution < -0.4 is 11.3 Å². The zero-order valence-electron chi connectivity index (χ0n) is 6.38. The van der Waals surface area contributed by atoms with Crippen molar-refractivity contribution in [1.82, 2.24) is 4.98 Å². The normalized spacial score (nSPS) is 10.8. The van der Waals surface area contributed by atoms with Gasteiger partial charge < -0.3 is 10.7 Å². The van der Waals surface area contributed by atoms with E-state index in [0.717, 1.165) is 5.56 Å². The Morgan fingerprint density at radius 1 is 1.67 bits per heavy atom. The summed E-state index contributed by atoms with van der Waals surface area (Å²) >= 11 is 5.58. The summed E-state index contributed by atoms with van der Waals surface area (Å²) in [7, 11) is 0. The molecule has 1 aromatic heterocycles. The van der Waals surface area contributed by atoms with Crippen LogP contribution in [-0.4, -0.2) is 11.5 Å². The first-order valence-electron chi connectivity index (χ1n) is 3.49. The van der Waals surface area contributed by atoms with E-state index in [-0.39, 0.29) is 10.6 Å². The van der Waals surface area contributed by atoms with Gasteiger partial charge in [-0.2, -0.15) is 0 Å². The Balaban J connectivity index is 2.97. The quantitative estimate of drug-likeness (QED) is 0.721. The van der Waals surface area contributed by atoms with Crippen molar-refractivity contribution >= 4 is 17.7 Å². The van der Waals surface area contributed by atoms with E-state index in [4.69, 9.17) is 17.3 Å². The summed E-state index contributed by atoms with van der Waals surface area (Å²) in [5.74, 6) is 0. The van der Waals surface area contributed by atoms with Crippen molar-refractivity contribution in [3.8, 4) is 0 Å². The van der Waals surface area contributed by atoms with Gasteiger partial charge >= 0.3 is 0 Å². The molecular formula is C8H9ClN2O. The molecule has 0 aromatic carbocycles. The fourth-order valence-corrected chi connectivity index (χ4v) is 0.952. The summed E-state index contributed by atoms with van der Waals surface area (Å²) < 4.78 is 0. The fraction of sp³-hybridized carbons (Fsp3) is 0.125. The smallest absolute Gasteiger partial charge is 0.266 e. The van der Waals surface area contributed by atoms with Gasteiger partial charge in [0.1, 0.15) is 5.02 Å². The number of hydrogen-bond donors (Lipinski definition) is 2. The summed E-state index contributed by atoms with van der Waals surface area (Å²) in [6.45, 7) is 0.469. The molecule has 1 heterocycles. The molecule has 0 saturated heterocycles. The van der Waals surface area contributed by atoms with E-state index in [1.165, 1.54) is 0 Å². The van der Waals surface area contributed by atoms with Crippen molar-refractivity contribution in [2.75, 3.05) is 6.54 Å². The molecule has 0 saturated carbocycles. The lowest BCUT2D eigenvalue weighted by Crippen LogP contribution is -2.04. The predicted molar refractivity (Wildman–Crippen MR) is 50.2 cm³/mol. The maximum atomic E-state index is 10.8. The highest BCUT2D eigenvalue weighted by Gasteiger charge is 1.94. The minimum Gasteiger partial charge on any atom is -0.327 e. The molecule has 1 rings (SSSR count). The molecule has 0 aliphatic rings. The summed E-state index contributed by atoms with van der Waals surface area (Å²) in [4.78, 5) is 13.3. The Kier molecular flexibility index (Phi) is 3.08. The molecule has 3 N–H and O–H groups in total. The number of nitrogens with two attached hydrogens (primary N) is 1. The molecule has 0 bridgehead atoms. The van der Waals surface area contributed by atoms with E-state index in [1.54, 1.807) is 24.4 Å². The number of nitrogens with one attached hydrogen (secondary N) is 1. The van der Waals surface area contributed by atoms with Crippen molar-refractivity contribution < 1.29 is 0 Å². The first kappa shape index (κ1) is 9.03. The van der Waals surface area contributed by atoms with E-state index in [9.17, 15) is 4.79 Å². The number of hydrogen-bond acceptors (Lipinski definition) is 2. The minimum absolute atomic E-state index is 0.189. The molecule has 0 radical (unpaired) electrons. The average molecular weight is 185 g/mol. The van der Waals surface area contributed by atoms with E-state index >= 15 is 0 Å². The molecule has 0 amide bonds. The number of aromatic nitrogens is 1. The van der Waals surface area contributed by atoms with Crippen molar-refractivity contribution in [2.24, 2.45) is 5.73 Å². The van der Waals surface area contributed by atoms with Crippen LogP contribution in [0.5, 0.6) is 0 Å². The van der Waals surface area contributed by atoms with Crippen LogP contribution in [0.3, 0.4) is 0 Å². The summed E-state index contributed by atoms with van der Waals surface area (Å²) in [6, 6.07) is 1.59. The van der Waals surface area contributed by atoms with Crippen LogP contribution in [-0.2, 0) is 0 Å². The number of halogens is 1. The first-order chi connectivity index (χ1) is 5.74. The lowest BCUT2D eigenvalue weighted by molar-refractivity contribution is 1.22.